The third kappa shape index (κ3) is 4.23. The van der Waals surface area contributed by atoms with Crippen molar-refractivity contribution in [3.05, 3.63) is 62.2 Å². The molecular weight excluding hydrogens is 427 g/mol. The predicted molar refractivity (Wildman–Crippen MR) is 100 cm³/mol. The molecular formula is C17H16ClIN2O2. The number of carbonyl (C=O) groups excluding carboxylic acids is 1. The summed E-state index contributed by atoms with van der Waals surface area (Å²) in [5.74, 6) is -0.144. The van der Waals surface area contributed by atoms with E-state index in [1.54, 1.807) is 18.2 Å². The van der Waals surface area contributed by atoms with Gasteiger partial charge in [-0.1, -0.05) is 23.7 Å². The number of nitrogens with one attached hydrogen (secondary N) is 2. The molecule has 1 saturated heterocycles. The number of hydrogen-bond donors (Lipinski definition) is 2. The molecule has 0 saturated carbocycles. The minimum Gasteiger partial charge on any atom is -0.371 e. The van der Waals surface area contributed by atoms with Crippen molar-refractivity contribution in [3.8, 4) is 0 Å². The molecule has 1 amide bonds. The largest absolute Gasteiger partial charge is 0.371 e. The molecule has 0 aromatic heterocycles. The maximum Gasteiger partial charge on any atom is 0.256 e. The number of halogens is 2. The summed E-state index contributed by atoms with van der Waals surface area (Å²) in [6.07, 6.45) is 0.0747. The van der Waals surface area contributed by atoms with Crippen molar-refractivity contribution in [1.82, 2.24) is 5.32 Å². The van der Waals surface area contributed by atoms with E-state index in [0.29, 0.717) is 10.6 Å². The van der Waals surface area contributed by atoms with Crippen LogP contribution in [0.4, 0.5) is 5.69 Å². The molecule has 1 aliphatic heterocycles. The van der Waals surface area contributed by atoms with E-state index >= 15 is 0 Å². The molecule has 0 unspecified atom stereocenters. The van der Waals surface area contributed by atoms with Crippen LogP contribution in [0.3, 0.4) is 0 Å². The van der Waals surface area contributed by atoms with E-state index in [2.05, 4.69) is 33.2 Å². The normalized spacial score (nSPS) is 17.7. The minimum absolute atomic E-state index is 0.0747. The number of ether oxygens (including phenoxy) is 1. The van der Waals surface area contributed by atoms with Gasteiger partial charge in [-0.2, -0.15) is 0 Å². The van der Waals surface area contributed by atoms with Crippen molar-refractivity contribution >= 4 is 45.8 Å². The van der Waals surface area contributed by atoms with Crippen molar-refractivity contribution in [1.29, 1.82) is 0 Å². The Morgan fingerprint density at radius 1 is 1.26 bits per heavy atom. The molecule has 2 aromatic rings. The first kappa shape index (κ1) is 16.7. The molecule has 120 valence electrons. The van der Waals surface area contributed by atoms with Crippen LogP contribution in [0.2, 0.25) is 5.02 Å². The quantitative estimate of drug-likeness (QED) is 0.710. The number of carbonyl (C=O) groups is 1. The number of rotatable bonds is 3. The second-order valence-corrected chi connectivity index (χ2v) is 6.86. The van der Waals surface area contributed by atoms with E-state index in [1.165, 1.54) is 0 Å². The Morgan fingerprint density at radius 2 is 2.04 bits per heavy atom. The first-order valence-electron chi connectivity index (χ1n) is 7.32. The Morgan fingerprint density at radius 3 is 2.70 bits per heavy atom. The highest BCUT2D eigenvalue weighted by Crippen LogP contribution is 2.22. The monoisotopic (exact) mass is 442 g/mol. The van der Waals surface area contributed by atoms with Crippen LogP contribution in [-0.4, -0.2) is 25.6 Å². The van der Waals surface area contributed by atoms with Gasteiger partial charge in [-0.15, -0.1) is 0 Å². The van der Waals surface area contributed by atoms with Gasteiger partial charge in [0.2, 0.25) is 0 Å². The zero-order chi connectivity index (χ0) is 16.2. The minimum atomic E-state index is -0.144. The lowest BCUT2D eigenvalue weighted by Crippen LogP contribution is -2.33. The fourth-order valence-corrected chi connectivity index (χ4v) is 3.55. The summed E-state index contributed by atoms with van der Waals surface area (Å²) in [5, 5.41) is 6.83. The lowest BCUT2D eigenvalue weighted by Gasteiger charge is -2.24. The summed E-state index contributed by atoms with van der Waals surface area (Å²) in [6, 6.07) is 13.0. The second-order valence-electron chi connectivity index (χ2n) is 5.26. The Kier molecular flexibility index (Phi) is 5.53. The van der Waals surface area contributed by atoms with Gasteiger partial charge in [0.25, 0.3) is 5.91 Å². The zero-order valence-electron chi connectivity index (χ0n) is 12.3. The van der Waals surface area contributed by atoms with Crippen LogP contribution in [0.5, 0.6) is 0 Å². The average Bonchev–Trinajstić information content (AvgIpc) is 2.56. The van der Waals surface area contributed by atoms with Gasteiger partial charge in [0.05, 0.1) is 18.3 Å². The van der Waals surface area contributed by atoms with E-state index in [0.717, 1.165) is 34.5 Å². The maximum atomic E-state index is 12.3. The highest BCUT2D eigenvalue weighted by atomic mass is 127. The molecule has 23 heavy (non-hydrogen) atoms. The first-order chi connectivity index (χ1) is 11.1. The van der Waals surface area contributed by atoms with Crippen LogP contribution in [0, 0.1) is 3.57 Å². The Hall–Kier alpha value is -1.15. The van der Waals surface area contributed by atoms with Crippen LogP contribution in [0.25, 0.3) is 0 Å². The predicted octanol–water partition coefficient (Wildman–Crippen LogP) is 3.86. The van der Waals surface area contributed by atoms with Gasteiger partial charge in [-0.25, -0.2) is 0 Å². The molecule has 1 fully saturated rings. The third-order valence-corrected chi connectivity index (χ3v) is 4.77. The molecule has 1 atom stereocenters. The van der Waals surface area contributed by atoms with Crippen LogP contribution in [0.15, 0.2) is 42.5 Å². The average molecular weight is 443 g/mol. The first-order valence-corrected chi connectivity index (χ1v) is 8.78. The summed E-state index contributed by atoms with van der Waals surface area (Å²) >= 11 is 8.03. The number of anilines is 1. The molecule has 2 aromatic carbocycles. The second kappa shape index (κ2) is 7.61. The summed E-state index contributed by atoms with van der Waals surface area (Å²) in [4.78, 5) is 12.3. The van der Waals surface area contributed by atoms with Gasteiger partial charge in [0.15, 0.2) is 0 Å². The van der Waals surface area contributed by atoms with Crippen molar-refractivity contribution in [2.75, 3.05) is 25.0 Å². The molecule has 0 bridgehead atoms. The van der Waals surface area contributed by atoms with Gasteiger partial charge >= 0.3 is 0 Å². The van der Waals surface area contributed by atoms with Crippen LogP contribution < -0.4 is 10.6 Å². The van der Waals surface area contributed by atoms with Gasteiger partial charge in [-0.05, 0) is 58.5 Å². The van der Waals surface area contributed by atoms with E-state index in [9.17, 15) is 4.79 Å². The molecule has 0 aliphatic carbocycles. The summed E-state index contributed by atoms with van der Waals surface area (Å²) in [7, 11) is 0. The van der Waals surface area contributed by atoms with Gasteiger partial charge in [0.1, 0.15) is 0 Å². The van der Waals surface area contributed by atoms with E-state index < -0.39 is 0 Å². The molecule has 6 heteroatoms. The van der Waals surface area contributed by atoms with Crippen molar-refractivity contribution < 1.29 is 9.53 Å². The van der Waals surface area contributed by atoms with Crippen molar-refractivity contribution in [3.63, 3.8) is 0 Å². The Labute approximate surface area is 153 Å². The number of hydrogen-bond acceptors (Lipinski definition) is 3. The maximum absolute atomic E-state index is 12.3. The van der Waals surface area contributed by atoms with E-state index in [-0.39, 0.29) is 12.0 Å². The summed E-state index contributed by atoms with van der Waals surface area (Å²) in [5.41, 5.74) is 2.48. The van der Waals surface area contributed by atoms with Crippen LogP contribution in [-0.2, 0) is 4.74 Å². The standard InChI is InChI=1S/C17H16ClIN2O2/c18-12-3-6-14(15(19)9-12)17(22)21-13-4-1-11(2-5-13)16-10-20-7-8-23-16/h1-6,9,16,20H,7-8,10H2,(H,21,22)/t16-/m1/s1. The molecule has 0 spiro atoms. The Bertz CT molecular complexity index is 700. The summed E-state index contributed by atoms with van der Waals surface area (Å²) < 4.78 is 6.54. The fraction of sp³-hybridized carbons (Fsp3) is 0.235. The lowest BCUT2D eigenvalue weighted by molar-refractivity contribution is 0.0277. The highest BCUT2D eigenvalue weighted by Gasteiger charge is 2.16. The van der Waals surface area contributed by atoms with Gasteiger partial charge < -0.3 is 15.4 Å². The smallest absolute Gasteiger partial charge is 0.256 e. The van der Waals surface area contributed by atoms with Gasteiger partial charge in [0, 0.05) is 27.4 Å². The van der Waals surface area contributed by atoms with E-state index in [1.807, 2.05) is 24.3 Å². The van der Waals surface area contributed by atoms with Crippen LogP contribution >= 0.6 is 34.2 Å². The fourth-order valence-electron chi connectivity index (χ4n) is 2.43. The number of benzene rings is 2. The Balaban J connectivity index is 1.69. The molecule has 2 N–H and O–H groups in total. The third-order valence-electron chi connectivity index (χ3n) is 3.64. The highest BCUT2D eigenvalue weighted by molar-refractivity contribution is 14.1. The molecule has 3 rings (SSSR count). The topological polar surface area (TPSA) is 50.4 Å². The molecule has 1 aliphatic rings. The SMILES string of the molecule is O=C(Nc1ccc([C@H]2CNCCO2)cc1)c1ccc(Cl)cc1I. The number of morpholine rings is 1. The van der Waals surface area contributed by atoms with Crippen molar-refractivity contribution in [2.45, 2.75) is 6.10 Å². The molecule has 0 radical (unpaired) electrons. The molecule has 1 heterocycles. The lowest BCUT2D eigenvalue weighted by atomic mass is 10.1. The van der Waals surface area contributed by atoms with Gasteiger partial charge in [-0.3, -0.25) is 4.79 Å². The summed E-state index contributed by atoms with van der Waals surface area (Å²) in [6.45, 7) is 2.43. The van der Waals surface area contributed by atoms with Crippen molar-refractivity contribution in [2.24, 2.45) is 0 Å². The van der Waals surface area contributed by atoms with Crippen LogP contribution in [0.1, 0.15) is 22.0 Å². The molecule has 4 nitrogen and oxygen atoms in total. The van der Waals surface area contributed by atoms with E-state index in [4.69, 9.17) is 16.3 Å². The zero-order valence-corrected chi connectivity index (χ0v) is 15.2. The number of amides is 1.